The third-order valence-electron chi connectivity index (χ3n) is 6.62. The Labute approximate surface area is 262 Å². The van der Waals surface area contributed by atoms with Crippen LogP contribution < -0.4 is 9.47 Å². The van der Waals surface area contributed by atoms with Gasteiger partial charge < -0.3 is 14.2 Å². The molecule has 3 aromatic carbocycles. The Kier molecular flexibility index (Phi) is 11.8. The van der Waals surface area contributed by atoms with E-state index >= 15 is 0 Å². The summed E-state index contributed by atoms with van der Waals surface area (Å²) in [5.41, 5.74) is 3.28. The quantitative estimate of drug-likeness (QED) is 0.106. The van der Waals surface area contributed by atoms with Crippen LogP contribution in [0.4, 0.5) is 0 Å². The van der Waals surface area contributed by atoms with Crippen molar-refractivity contribution in [1.29, 1.82) is 5.26 Å². The van der Waals surface area contributed by atoms with Crippen LogP contribution in [0, 0.1) is 11.3 Å². The number of carbonyl (C=O) groups is 1. The molecule has 0 radical (unpaired) electrons. The van der Waals surface area contributed by atoms with E-state index in [0.29, 0.717) is 39.8 Å². The fraction of sp³-hybridized carbons (Fsp3) is 0.265. The lowest BCUT2D eigenvalue weighted by Crippen LogP contribution is -2.33. The molecule has 0 saturated heterocycles. The number of rotatable bonds is 15. The van der Waals surface area contributed by atoms with Crippen LogP contribution in [0.25, 0.3) is 22.4 Å². The van der Waals surface area contributed by atoms with E-state index in [1.54, 1.807) is 31.4 Å². The number of para-hydroxylation sites is 1. The highest BCUT2D eigenvalue weighted by atomic mass is 32.2. The highest BCUT2D eigenvalue weighted by molar-refractivity contribution is 8.00. The average molecular weight is 631 g/mol. The van der Waals surface area contributed by atoms with Gasteiger partial charge in [-0.1, -0.05) is 73.6 Å². The summed E-state index contributed by atoms with van der Waals surface area (Å²) in [6, 6.07) is 29.9. The van der Waals surface area contributed by atoms with Crippen molar-refractivity contribution in [2.45, 2.75) is 30.9 Å². The largest absolute Gasteiger partial charge is 0.497 e. The maximum absolute atomic E-state index is 13.1. The molecule has 44 heavy (non-hydrogen) atoms. The number of nitriles is 1. The Morgan fingerprint density at radius 1 is 0.955 bits per heavy atom. The second-order valence-corrected chi connectivity index (χ2v) is 13.1. The van der Waals surface area contributed by atoms with Gasteiger partial charge in [-0.25, -0.2) is 13.4 Å². The smallest absolute Gasteiger partial charge is 0.316 e. The molecule has 10 heteroatoms. The summed E-state index contributed by atoms with van der Waals surface area (Å²) in [5, 5.41) is 10.5. The number of thioether (sulfide) groups is 1. The third kappa shape index (κ3) is 9.33. The van der Waals surface area contributed by atoms with E-state index in [4.69, 9.17) is 19.2 Å². The predicted molar refractivity (Wildman–Crippen MR) is 172 cm³/mol. The van der Waals surface area contributed by atoms with E-state index in [-0.39, 0.29) is 23.9 Å². The number of hydrogen-bond donors (Lipinski definition) is 0. The van der Waals surface area contributed by atoms with Gasteiger partial charge in [0.25, 0.3) is 0 Å². The van der Waals surface area contributed by atoms with Crippen molar-refractivity contribution in [3.05, 3.63) is 96.6 Å². The van der Waals surface area contributed by atoms with Crippen molar-refractivity contribution in [2.75, 3.05) is 31.0 Å². The van der Waals surface area contributed by atoms with Gasteiger partial charge in [0.05, 0.1) is 35.6 Å². The first kappa shape index (κ1) is 32.6. The molecule has 1 heterocycles. The molecule has 1 unspecified atom stereocenters. The van der Waals surface area contributed by atoms with Crippen molar-refractivity contribution in [2.24, 2.45) is 0 Å². The van der Waals surface area contributed by atoms with Gasteiger partial charge in [0.2, 0.25) is 0 Å². The molecule has 0 saturated carbocycles. The predicted octanol–water partition coefficient (Wildman–Crippen LogP) is 6.59. The average Bonchev–Trinajstić information content (AvgIpc) is 3.05. The lowest BCUT2D eigenvalue weighted by atomic mass is 9.99. The van der Waals surface area contributed by atoms with E-state index in [0.717, 1.165) is 29.3 Å². The SMILES string of the molecule is CCCCS(=O)(=O)CC(COc1ccccc1)OC(=O)CSc1nc(-c2ccc(OC)cc2)cc(-c2ccccc2)c1C#N. The van der Waals surface area contributed by atoms with Crippen molar-refractivity contribution in [3.8, 4) is 40.0 Å². The molecular weight excluding hydrogens is 597 g/mol. The van der Waals surface area contributed by atoms with Gasteiger partial charge in [0.1, 0.15) is 35.3 Å². The third-order valence-corrected chi connectivity index (χ3v) is 9.36. The molecule has 1 aromatic heterocycles. The lowest BCUT2D eigenvalue weighted by Gasteiger charge is -2.19. The number of benzene rings is 3. The van der Waals surface area contributed by atoms with Crippen molar-refractivity contribution >= 4 is 27.6 Å². The maximum Gasteiger partial charge on any atom is 0.316 e. The summed E-state index contributed by atoms with van der Waals surface area (Å²) in [4.78, 5) is 17.8. The maximum atomic E-state index is 13.1. The van der Waals surface area contributed by atoms with Crippen LogP contribution in [0.15, 0.2) is 96.0 Å². The number of carbonyl (C=O) groups excluding carboxylic acids is 1. The Morgan fingerprint density at radius 2 is 1.64 bits per heavy atom. The van der Waals surface area contributed by atoms with Crippen LogP contribution in [-0.4, -0.2) is 56.5 Å². The normalized spacial score (nSPS) is 11.8. The molecule has 8 nitrogen and oxygen atoms in total. The Morgan fingerprint density at radius 3 is 2.27 bits per heavy atom. The number of sulfone groups is 1. The minimum atomic E-state index is -3.48. The van der Waals surface area contributed by atoms with Crippen LogP contribution in [0.5, 0.6) is 11.5 Å². The summed E-state index contributed by atoms with van der Waals surface area (Å²) in [6.45, 7) is 1.80. The van der Waals surface area contributed by atoms with Gasteiger partial charge >= 0.3 is 5.97 Å². The van der Waals surface area contributed by atoms with Crippen LogP contribution >= 0.6 is 11.8 Å². The van der Waals surface area contributed by atoms with Gasteiger partial charge in [0.15, 0.2) is 9.84 Å². The number of pyridine rings is 1. The van der Waals surface area contributed by atoms with Crippen molar-refractivity contribution in [1.82, 2.24) is 4.98 Å². The molecule has 4 rings (SSSR count). The van der Waals surface area contributed by atoms with E-state index < -0.39 is 21.9 Å². The summed E-state index contributed by atoms with van der Waals surface area (Å²) < 4.78 is 42.2. The van der Waals surface area contributed by atoms with Crippen molar-refractivity contribution in [3.63, 3.8) is 0 Å². The lowest BCUT2D eigenvalue weighted by molar-refractivity contribution is -0.146. The number of nitrogens with zero attached hydrogens (tertiary/aromatic N) is 2. The van der Waals surface area contributed by atoms with E-state index in [1.807, 2.05) is 73.7 Å². The molecule has 0 aliphatic heterocycles. The van der Waals surface area contributed by atoms with Gasteiger partial charge in [-0.2, -0.15) is 5.26 Å². The zero-order valence-electron chi connectivity index (χ0n) is 24.6. The highest BCUT2D eigenvalue weighted by Crippen LogP contribution is 2.34. The standard InChI is InChI=1S/C34H34N2O6S2/c1-3-4-19-44(38,39)24-29(22-41-28-13-9-6-10-14-28)42-33(37)23-43-34-31(21-35)30(25-11-7-5-8-12-25)20-32(36-34)26-15-17-27(40-2)18-16-26/h5-18,20,29H,3-4,19,22-24H2,1-2H3. The van der Waals surface area contributed by atoms with E-state index in [1.165, 1.54) is 0 Å². The molecule has 0 N–H and O–H groups in total. The topological polar surface area (TPSA) is 116 Å². The van der Waals surface area contributed by atoms with E-state index in [9.17, 15) is 18.5 Å². The molecule has 0 amide bonds. The molecule has 0 aliphatic rings. The molecule has 0 bridgehead atoms. The van der Waals surface area contributed by atoms with Gasteiger partial charge in [0, 0.05) is 11.1 Å². The first-order chi connectivity index (χ1) is 21.3. The number of aromatic nitrogens is 1. The molecule has 0 fully saturated rings. The zero-order chi connectivity index (χ0) is 31.4. The van der Waals surface area contributed by atoms with E-state index in [2.05, 4.69) is 6.07 Å². The molecule has 0 spiro atoms. The molecule has 1 atom stereocenters. The monoisotopic (exact) mass is 630 g/mol. The minimum Gasteiger partial charge on any atom is -0.497 e. The van der Waals surface area contributed by atoms with Gasteiger partial charge in [-0.05, 0) is 54.4 Å². The van der Waals surface area contributed by atoms with Gasteiger partial charge in [-0.3, -0.25) is 4.79 Å². The summed E-state index contributed by atoms with van der Waals surface area (Å²) in [6.07, 6.45) is 0.254. The number of ether oxygens (including phenoxy) is 3. The number of esters is 1. The van der Waals surface area contributed by atoms with Crippen LogP contribution in [0.3, 0.4) is 0 Å². The van der Waals surface area contributed by atoms with Crippen LogP contribution in [-0.2, 0) is 19.4 Å². The minimum absolute atomic E-state index is 0.00744. The summed E-state index contributed by atoms with van der Waals surface area (Å²) in [7, 11) is -1.88. The van der Waals surface area contributed by atoms with Gasteiger partial charge in [-0.15, -0.1) is 0 Å². The molecule has 0 aliphatic carbocycles. The summed E-state index contributed by atoms with van der Waals surface area (Å²) in [5.74, 6) is 0.0882. The Hall–Kier alpha value is -4.33. The Bertz CT molecular complexity index is 1670. The number of hydrogen-bond acceptors (Lipinski definition) is 9. The van der Waals surface area contributed by atoms with Crippen molar-refractivity contribution < 1.29 is 27.4 Å². The number of unbranched alkanes of at least 4 members (excludes halogenated alkanes) is 1. The number of methoxy groups -OCH3 is 1. The second-order valence-electron chi connectivity index (χ2n) is 9.93. The first-order valence-corrected chi connectivity index (χ1v) is 17.0. The summed E-state index contributed by atoms with van der Waals surface area (Å²) >= 11 is 1.07. The fourth-order valence-corrected chi connectivity index (χ4v) is 6.80. The molecule has 228 valence electrons. The fourth-order valence-electron chi connectivity index (χ4n) is 4.39. The highest BCUT2D eigenvalue weighted by Gasteiger charge is 2.24. The van der Waals surface area contributed by atoms with Crippen LogP contribution in [0.1, 0.15) is 25.3 Å². The second kappa shape index (κ2) is 15.9. The molecule has 4 aromatic rings. The van der Waals surface area contributed by atoms with Crippen LogP contribution in [0.2, 0.25) is 0 Å². The Balaban J connectivity index is 1.57. The molecular formula is C34H34N2O6S2. The first-order valence-electron chi connectivity index (χ1n) is 14.2. The zero-order valence-corrected chi connectivity index (χ0v) is 26.3.